The van der Waals surface area contributed by atoms with Crippen molar-refractivity contribution in [2.45, 2.75) is 11.7 Å². The lowest BCUT2D eigenvalue weighted by atomic mass is 10.2. The van der Waals surface area contributed by atoms with E-state index in [0.717, 1.165) is 11.8 Å². The highest BCUT2D eigenvalue weighted by molar-refractivity contribution is 8.15. The van der Waals surface area contributed by atoms with Gasteiger partial charge in [0.25, 0.3) is 5.91 Å². The Labute approximate surface area is 125 Å². The topological polar surface area (TPSA) is 103 Å². The summed E-state index contributed by atoms with van der Waals surface area (Å²) in [7, 11) is 3.04. The van der Waals surface area contributed by atoms with Gasteiger partial charge in [0.2, 0.25) is 5.91 Å². The molecule has 0 radical (unpaired) electrons. The second kappa shape index (κ2) is 6.49. The highest BCUT2D eigenvalue weighted by Crippen LogP contribution is 2.27. The number of benzene rings is 1. The highest BCUT2D eigenvalue weighted by atomic mass is 32.2. The van der Waals surface area contributed by atoms with Crippen LogP contribution >= 0.6 is 11.8 Å². The molecule has 7 nitrogen and oxygen atoms in total. The van der Waals surface area contributed by atoms with Crippen LogP contribution in [0.4, 0.5) is 5.69 Å². The second-order valence-corrected chi connectivity index (χ2v) is 5.47. The van der Waals surface area contributed by atoms with E-state index in [0.29, 0.717) is 17.2 Å². The van der Waals surface area contributed by atoms with Crippen molar-refractivity contribution in [3.05, 3.63) is 18.2 Å². The predicted molar refractivity (Wildman–Crippen MR) is 80.8 cm³/mol. The van der Waals surface area contributed by atoms with Crippen molar-refractivity contribution < 1.29 is 19.1 Å². The van der Waals surface area contributed by atoms with E-state index in [9.17, 15) is 9.59 Å². The number of carbonyl (C=O) groups is 2. The average molecular weight is 309 g/mol. The Bertz CT molecular complexity index is 581. The maximum absolute atomic E-state index is 12.0. The number of carbonyl (C=O) groups excluding carboxylic acids is 2. The van der Waals surface area contributed by atoms with Gasteiger partial charge >= 0.3 is 0 Å². The molecule has 1 heterocycles. The molecule has 1 aliphatic rings. The molecule has 8 heteroatoms. The number of nitrogens with one attached hydrogen (secondary N) is 1. The minimum atomic E-state index is -0.558. The maximum atomic E-state index is 12.0. The quantitative estimate of drug-likeness (QED) is 0.840. The first-order valence-corrected chi connectivity index (χ1v) is 6.97. The molecule has 0 fully saturated rings. The Morgan fingerprint density at radius 3 is 2.43 bits per heavy atom. The number of hydrogen-bond donors (Lipinski definition) is 2. The van der Waals surface area contributed by atoms with Gasteiger partial charge < -0.3 is 20.5 Å². The van der Waals surface area contributed by atoms with Gasteiger partial charge in [-0.05, 0) is 0 Å². The summed E-state index contributed by atoms with van der Waals surface area (Å²) in [4.78, 5) is 27.0. The van der Waals surface area contributed by atoms with Crippen LogP contribution in [0, 0.1) is 0 Å². The van der Waals surface area contributed by atoms with Crippen LogP contribution in [-0.4, -0.2) is 36.5 Å². The first-order chi connectivity index (χ1) is 10.0. The minimum Gasteiger partial charge on any atom is -0.497 e. The number of anilines is 1. The molecule has 1 atom stereocenters. The molecule has 21 heavy (non-hydrogen) atoms. The van der Waals surface area contributed by atoms with Gasteiger partial charge in [-0.15, -0.1) is 0 Å². The van der Waals surface area contributed by atoms with Crippen LogP contribution in [0.2, 0.25) is 0 Å². The van der Waals surface area contributed by atoms with Crippen LogP contribution in [0.25, 0.3) is 0 Å². The second-order valence-electron chi connectivity index (χ2n) is 4.25. The number of methoxy groups -OCH3 is 2. The number of amides is 2. The number of amidine groups is 1. The molecule has 1 aliphatic heterocycles. The molecule has 0 bridgehead atoms. The fourth-order valence-electron chi connectivity index (χ4n) is 1.79. The molecule has 0 saturated carbocycles. The molecule has 0 unspecified atom stereocenters. The molecular weight excluding hydrogens is 294 g/mol. The van der Waals surface area contributed by atoms with Gasteiger partial charge in [0.1, 0.15) is 16.7 Å². The lowest BCUT2D eigenvalue weighted by Crippen LogP contribution is -2.21. The summed E-state index contributed by atoms with van der Waals surface area (Å²) in [6, 6.07) is 5.02. The Morgan fingerprint density at radius 2 is 1.95 bits per heavy atom. The summed E-state index contributed by atoms with van der Waals surface area (Å²) in [5.74, 6) is 0.434. The third-order valence-corrected chi connectivity index (χ3v) is 3.75. The van der Waals surface area contributed by atoms with Gasteiger partial charge in [-0.25, -0.2) is 0 Å². The number of rotatable bonds is 5. The van der Waals surface area contributed by atoms with Crippen LogP contribution in [0.1, 0.15) is 6.42 Å². The number of thioether (sulfide) groups is 1. The van der Waals surface area contributed by atoms with Gasteiger partial charge in [-0.2, -0.15) is 4.99 Å². The normalized spacial score (nSPS) is 17.3. The summed E-state index contributed by atoms with van der Waals surface area (Å²) < 4.78 is 10.2. The first kappa shape index (κ1) is 15.2. The van der Waals surface area contributed by atoms with E-state index in [1.54, 1.807) is 18.2 Å². The number of nitrogens with zero attached hydrogens (tertiary/aromatic N) is 1. The van der Waals surface area contributed by atoms with Gasteiger partial charge in [-0.3, -0.25) is 9.59 Å². The lowest BCUT2D eigenvalue weighted by molar-refractivity contribution is -0.121. The summed E-state index contributed by atoms with van der Waals surface area (Å²) in [5, 5.41) is 2.33. The maximum Gasteiger partial charge on any atom is 0.262 e. The van der Waals surface area contributed by atoms with Crippen molar-refractivity contribution in [3.63, 3.8) is 0 Å². The summed E-state index contributed by atoms with van der Waals surface area (Å²) in [6.45, 7) is 0. The van der Waals surface area contributed by atoms with Gasteiger partial charge in [0.15, 0.2) is 5.17 Å². The molecule has 0 aliphatic carbocycles. The third-order valence-electron chi connectivity index (χ3n) is 2.76. The van der Waals surface area contributed by atoms with Crippen LogP contribution in [0.3, 0.4) is 0 Å². The van der Waals surface area contributed by atoms with Crippen LogP contribution in [0.15, 0.2) is 23.2 Å². The molecular formula is C13H15N3O4S. The van der Waals surface area contributed by atoms with E-state index in [1.807, 2.05) is 0 Å². The molecule has 0 saturated heterocycles. The smallest absolute Gasteiger partial charge is 0.262 e. The van der Waals surface area contributed by atoms with Crippen molar-refractivity contribution in [3.8, 4) is 11.5 Å². The molecule has 112 valence electrons. The molecule has 0 spiro atoms. The SMILES string of the molecule is COc1cc(NC(=O)C[C@H]2SC(N)=NC2=O)cc(OC)c1. The van der Waals surface area contributed by atoms with E-state index in [1.165, 1.54) is 14.2 Å². The Morgan fingerprint density at radius 1 is 1.33 bits per heavy atom. The molecule has 2 amide bonds. The molecule has 0 aromatic heterocycles. The molecule has 1 aromatic carbocycles. The number of nitrogens with two attached hydrogens (primary N) is 1. The van der Waals surface area contributed by atoms with Crippen molar-refractivity contribution in [2.75, 3.05) is 19.5 Å². The van der Waals surface area contributed by atoms with Crippen LogP contribution in [-0.2, 0) is 9.59 Å². The summed E-state index contributed by atoms with van der Waals surface area (Å²) in [6.07, 6.45) is 0.00717. The molecule has 1 aromatic rings. The van der Waals surface area contributed by atoms with E-state index in [2.05, 4.69) is 10.3 Å². The first-order valence-electron chi connectivity index (χ1n) is 6.09. The van der Waals surface area contributed by atoms with Crippen molar-refractivity contribution in [1.29, 1.82) is 0 Å². The zero-order valence-corrected chi connectivity index (χ0v) is 12.4. The summed E-state index contributed by atoms with van der Waals surface area (Å²) >= 11 is 1.10. The van der Waals surface area contributed by atoms with E-state index < -0.39 is 5.25 Å². The Kier molecular flexibility index (Phi) is 4.69. The monoisotopic (exact) mass is 309 g/mol. The Hall–Kier alpha value is -2.22. The fraction of sp³-hybridized carbons (Fsp3) is 0.308. The predicted octanol–water partition coefficient (Wildman–Crippen LogP) is 0.989. The van der Waals surface area contributed by atoms with Crippen molar-refractivity contribution in [2.24, 2.45) is 10.7 Å². The minimum absolute atomic E-state index is 0.00717. The summed E-state index contributed by atoms with van der Waals surface area (Å²) in [5.41, 5.74) is 5.98. The molecule has 2 rings (SSSR count). The van der Waals surface area contributed by atoms with E-state index in [-0.39, 0.29) is 23.4 Å². The van der Waals surface area contributed by atoms with E-state index in [4.69, 9.17) is 15.2 Å². The third kappa shape index (κ3) is 3.88. The van der Waals surface area contributed by atoms with Gasteiger partial charge in [-0.1, -0.05) is 11.8 Å². The average Bonchev–Trinajstić information content (AvgIpc) is 2.76. The van der Waals surface area contributed by atoms with Crippen molar-refractivity contribution in [1.82, 2.24) is 0 Å². The largest absolute Gasteiger partial charge is 0.497 e. The highest BCUT2D eigenvalue weighted by Gasteiger charge is 2.29. The fourth-order valence-corrected chi connectivity index (χ4v) is 2.61. The van der Waals surface area contributed by atoms with Crippen LogP contribution < -0.4 is 20.5 Å². The number of hydrogen-bond acceptors (Lipinski definition) is 6. The van der Waals surface area contributed by atoms with Gasteiger partial charge in [0.05, 0.1) is 14.2 Å². The lowest BCUT2D eigenvalue weighted by Gasteiger charge is -2.11. The van der Waals surface area contributed by atoms with Crippen LogP contribution in [0.5, 0.6) is 11.5 Å². The van der Waals surface area contributed by atoms with E-state index >= 15 is 0 Å². The number of ether oxygens (including phenoxy) is 2. The Balaban J connectivity index is 2.01. The zero-order valence-electron chi connectivity index (χ0n) is 11.6. The number of aliphatic imine (C=N–C) groups is 1. The van der Waals surface area contributed by atoms with Crippen molar-refractivity contribution >= 4 is 34.4 Å². The van der Waals surface area contributed by atoms with Gasteiger partial charge in [0, 0.05) is 30.3 Å². The zero-order chi connectivity index (χ0) is 15.4. The standard InChI is InChI=1S/C13H15N3O4S/c1-19-8-3-7(4-9(5-8)20-2)15-11(17)6-10-12(18)16-13(14)21-10/h3-5,10H,6H2,1-2H3,(H,15,17)(H2,14,16,18)/t10-/m1/s1. The molecule has 3 N–H and O–H groups in total.